The SMILES string of the molecule is O=C(O)C[C@@H](NC(=O)C1CCC1)c1ccc(Cl)cc1. The van der Waals surface area contributed by atoms with E-state index < -0.39 is 12.0 Å². The van der Waals surface area contributed by atoms with E-state index in [-0.39, 0.29) is 18.2 Å². The number of carbonyl (C=O) groups excluding carboxylic acids is 1. The van der Waals surface area contributed by atoms with Crippen LogP contribution in [0.3, 0.4) is 0 Å². The summed E-state index contributed by atoms with van der Waals surface area (Å²) in [4.78, 5) is 22.8. The number of hydrogen-bond donors (Lipinski definition) is 2. The van der Waals surface area contributed by atoms with Crippen LogP contribution < -0.4 is 5.32 Å². The van der Waals surface area contributed by atoms with E-state index in [2.05, 4.69) is 5.32 Å². The van der Waals surface area contributed by atoms with Gasteiger partial charge >= 0.3 is 5.97 Å². The van der Waals surface area contributed by atoms with Crippen molar-refractivity contribution in [2.24, 2.45) is 5.92 Å². The molecule has 0 spiro atoms. The lowest BCUT2D eigenvalue weighted by Crippen LogP contribution is -2.37. The maximum absolute atomic E-state index is 11.9. The fourth-order valence-corrected chi connectivity index (χ4v) is 2.21. The first kappa shape index (κ1) is 13.9. The number of benzene rings is 1. The number of amides is 1. The highest BCUT2D eigenvalue weighted by atomic mass is 35.5. The van der Waals surface area contributed by atoms with Crippen molar-refractivity contribution >= 4 is 23.5 Å². The number of carboxylic acid groups (broad SMARTS) is 1. The van der Waals surface area contributed by atoms with Crippen LogP contribution in [0.2, 0.25) is 5.02 Å². The van der Waals surface area contributed by atoms with Gasteiger partial charge in [0.1, 0.15) is 0 Å². The number of rotatable bonds is 5. The first-order valence-corrected chi connectivity index (χ1v) is 6.71. The minimum atomic E-state index is -0.936. The number of hydrogen-bond acceptors (Lipinski definition) is 2. The van der Waals surface area contributed by atoms with Crippen LogP contribution in [-0.2, 0) is 9.59 Å². The van der Waals surface area contributed by atoms with E-state index in [1.165, 1.54) is 0 Å². The molecular weight excluding hydrogens is 266 g/mol. The molecule has 1 saturated carbocycles. The van der Waals surface area contributed by atoms with Crippen LogP contribution >= 0.6 is 11.6 Å². The summed E-state index contributed by atoms with van der Waals surface area (Å²) in [6.07, 6.45) is 2.74. The van der Waals surface area contributed by atoms with Gasteiger partial charge in [0, 0.05) is 10.9 Å². The second kappa shape index (κ2) is 6.06. The van der Waals surface area contributed by atoms with Gasteiger partial charge in [-0.05, 0) is 30.5 Å². The predicted molar refractivity (Wildman–Crippen MR) is 71.9 cm³/mol. The van der Waals surface area contributed by atoms with E-state index in [9.17, 15) is 9.59 Å². The van der Waals surface area contributed by atoms with Gasteiger partial charge in [0.25, 0.3) is 0 Å². The van der Waals surface area contributed by atoms with Crippen molar-refractivity contribution in [3.8, 4) is 0 Å². The molecule has 19 heavy (non-hydrogen) atoms. The molecule has 0 aromatic heterocycles. The molecule has 2 N–H and O–H groups in total. The van der Waals surface area contributed by atoms with Crippen molar-refractivity contribution in [1.82, 2.24) is 5.32 Å². The summed E-state index contributed by atoms with van der Waals surface area (Å²) >= 11 is 5.81. The Morgan fingerprint density at radius 1 is 1.32 bits per heavy atom. The highest BCUT2D eigenvalue weighted by Crippen LogP contribution is 2.28. The number of aliphatic carboxylic acids is 1. The van der Waals surface area contributed by atoms with Crippen LogP contribution in [0, 0.1) is 5.92 Å². The topological polar surface area (TPSA) is 66.4 Å². The van der Waals surface area contributed by atoms with Crippen molar-refractivity contribution in [3.63, 3.8) is 0 Å². The molecule has 1 aliphatic rings. The molecule has 2 rings (SSSR count). The molecule has 5 heteroatoms. The van der Waals surface area contributed by atoms with Crippen LogP contribution in [-0.4, -0.2) is 17.0 Å². The molecule has 0 saturated heterocycles. The molecule has 1 aromatic rings. The zero-order chi connectivity index (χ0) is 13.8. The summed E-state index contributed by atoms with van der Waals surface area (Å²) in [6.45, 7) is 0. The van der Waals surface area contributed by atoms with Crippen LogP contribution in [0.15, 0.2) is 24.3 Å². The summed E-state index contributed by atoms with van der Waals surface area (Å²) in [7, 11) is 0. The second-order valence-corrected chi connectivity index (χ2v) is 5.27. The third kappa shape index (κ3) is 3.70. The quantitative estimate of drug-likeness (QED) is 0.872. The summed E-state index contributed by atoms with van der Waals surface area (Å²) < 4.78 is 0. The zero-order valence-electron chi connectivity index (χ0n) is 10.4. The van der Waals surface area contributed by atoms with E-state index >= 15 is 0 Å². The van der Waals surface area contributed by atoms with E-state index in [1.54, 1.807) is 24.3 Å². The lowest BCUT2D eigenvalue weighted by atomic mass is 9.84. The van der Waals surface area contributed by atoms with E-state index in [4.69, 9.17) is 16.7 Å². The Morgan fingerprint density at radius 2 is 1.95 bits per heavy atom. The zero-order valence-corrected chi connectivity index (χ0v) is 11.2. The predicted octanol–water partition coefficient (Wildman–Crippen LogP) is 2.77. The number of carbonyl (C=O) groups is 2. The third-order valence-electron chi connectivity index (χ3n) is 3.44. The van der Waals surface area contributed by atoms with E-state index in [0.29, 0.717) is 5.02 Å². The van der Waals surface area contributed by atoms with Gasteiger partial charge in [-0.15, -0.1) is 0 Å². The Hall–Kier alpha value is -1.55. The molecule has 0 unspecified atom stereocenters. The lowest BCUT2D eigenvalue weighted by Gasteiger charge is -2.27. The van der Waals surface area contributed by atoms with Crippen molar-refractivity contribution < 1.29 is 14.7 Å². The first-order chi connectivity index (χ1) is 9.06. The minimum absolute atomic E-state index is 0.0450. The lowest BCUT2D eigenvalue weighted by molar-refractivity contribution is -0.138. The molecular formula is C14H16ClNO3. The Balaban J connectivity index is 2.08. The van der Waals surface area contributed by atoms with Crippen molar-refractivity contribution in [2.75, 3.05) is 0 Å². The van der Waals surface area contributed by atoms with Crippen LogP contribution in [0.1, 0.15) is 37.3 Å². The summed E-state index contributed by atoms with van der Waals surface area (Å²) in [5.74, 6) is -0.940. The minimum Gasteiger partial charge on any atom is -0.481 e. The molecule has 1 atom stereocenters. The molecule has 0 aliphatic heterocycles. The molecule has 102 valence electrons. The maximum atomic E-state index is 11.9. The highest BCUT2D eigenvalue weighted by Gasteiger charge is 2.28. The maximum Gasteiger partial charge on any atom is 0.305 e. The molecule has 1 aliphatic carbocycles. The average molecular weight is 282 g/mol. The van der Waals surface area contributed by atoms with Crippen LogP contribution in [0.25, 0.3) is 0 Å². The number of halogens is 1. The van der Waals surface area contributed by atoms with E-state index in [1.807, 2.05) is 0 Å². The van der Waals surface area contributed by atoms with Gasteiger partial charge in [0.15, 0.2) is 0 Å². The highest BCUT2D eigenvalue weighted by molar-refractivity contribution is 6.30. The third-order valence-corrected chi connectivity index (χ3v) is 3.70. The Bertz CT molecular complexity index is 468. The van der Waals surface area contributed by atoms with Crippen molar-refractivity contribution in [1.29, 1.82) is 0 Å². The Labute approximate surface area is 116 Å². The Kier molecular flexibility index (Phi) is 4.43. The summed E-state index contributed by atoms with van der Waals surface area (Å²) in [5, 5.41) is 12.4. The Morgan fingerprint density at radius 3 is 2.42 bits per heavy atom. The molecule has 0 heterocycles. The standard InChI is InChI=1S/C14H16ClNO3/c15-11-6-4-9(5-7-11)12(8-13(17)18)16-14(19)10-2-1-3-10/h4-7,10,12H,1-3,8H2,(H,16,19)(H,17,18)/t12-/m1/s1. The van der Waals surface area contributed by atoms with Gasteiger partial charge in [0.2, 0.25) is 5.91 Å². The average Bonchev–Trinajstić information content (AvgIpc) is 2.26. The molecule has 0 bridgehead atoms. The molecule has 1 amide bonds. The fourth-order valence-electron chi connectivity index (χ4n) is 2.08. The monoisotopic (exact) mass is 281 g/mol. The first-order valence-electron chi connectivity index (χ1n) is 6.34. The van der Waals surface area contributed by atoms with Crippen LogP contribution in [0.5, 0.6) is 0 Å². The van der Waals surface area contributed by atoms with Gasteiger partial charge in [0.05, 0.1) is 12.5 Å². The molecule has 0 radical (unpaired) electrons. The number of carboxylic acids is 1. The smallest absolute Gasteiger partial charge is 0.305 e. The number of nitrogens with one attached hydrogen (secondary N) is 1. The van der Waals surface area contributed by atoms with Gasteiger partial charge in [-0.1, -0.05) is 30.2 Å². The van der Waals surface area contributed by atoms with Gasteiger partial charge < -0.3 is 10.4 Å². The van der Waals surface area contributed by atoms with Gasteiger partial charge in [-0.3, -0.25) is 9.59 Å². The van der Waals surface area contributed by atoms with Crippen molar-refractivity contribution in [2.45, 2.75) is 31.7 Å². The van der Waals surface area contributed by atoms with Crippen LogP contribution in [0.4, 0.5) is 0 Å². The summed E-state index contributed by atoms with van der Waals surface area (Å²) in [5.41, 5.74) is 0.763. The molecule has 1 aromatic carbocycles. The van der Waals surface area contributed by atoms with Gasteiger partial charge in [-0.25, -0.2) is 0 Å². The van der Waals surface area contributed by atoms with E-state index in [0.717, 1.165) is 24.8 Å². The summed E-state index contributed by atoms with van der Waals surface area (Å²) in [6, 6.07) is 6.39. The van der Waals surface area contributed by atoms with Gasteiger partial charge in [-0.2, -0.15) is 0 Å². The molecule has 1 fully saturated rings. The fraction of sp³-hybridized carbons (Fsp3) is 0.429. The largest absolute Gasteiger partial charge is 0.481 e. The second-order valence-electron chi connectivity index (χ2n) is 4.84. The normalized spacial score (nSPS) is 16.5. The van der Waals surface area contributed by atoms with Crippen molar-refractivity contribution in [3.05, 3.63) is 34.9 Å². The molecule has 4 nitrogen and oxygen atoms in total.